The Bertz CT molecular complexity index is 1130. The van der Waals surface area contributed by atoms with Crippen LogP contribution in [0.15, 0.2) is 53.7 Å². The summed E-state index contributed by atoms with van der Waals surface area (Å²) in [6, 6.07) is 7.78. The molecule has 32 heavy (non-hydrogen) atoms. The Labute approximate surface area is 190 Å². The number of rotatable bonds is 7. The van der Waals surface area contributed by atoms with E-state index in [0.717, 1.165) is 21.1 Å². The number of pyridine rings is 1. The van der Waals surface area contributed by atoms with Crippen LogP contribution in [-0.4, -0.2) is 45.2 Å². The van der Waals surface area contributed by atoms with Gasteiger partial charge in [-0.15, -0.1) is 11.8 Å². The van der Waals surface area contributed by atoms with Gasteiger partial charge in [0.15, 0.2) is 5.78 Å². The first-order valence-corrected chi connectivity index (χ1v) is 11.5. The summed E-state index contributed by atoms with van der Waals surface area (Å²) in [5.74, 6) is -0.475. The van der Waals surface area contributed by atoms with Crippen molar-refractivity contribution in [2.45, 2.75) is 43.5 Å². The van der Waals surface area contributed by atoms with Crippen LogP contribution in [0.3, 0.4) is 0 Å². The number of fused-ring (bicyclic) bond motifs is 1. The summed E-state index contributed by atoms with van der Waals surface area (Å²) in [5.41, 5.74) is 2.33. The van der Waals surface area contributed by atoms with Crippen molar-refractivity contribution in [1.82, 2.24) is 15.2 Å². The van der Waals surface area contributed by atoms with Crippen LogP contribution in [0.25, 0.3) is 0 Å². The van der Waals surface area contributed by atoms with Crippen molar-refractivity contribution in [3.63, 3.8) is 0 Å². The Hall–Kier alpha value is -3.26. The zero-order valence-electron chi connectivity index (χ0n) is 17.7. The first-order valence-electron chi connectivity index (χ1n) is 10.5. The van der Waals surface area contributed by atoms with Crippen molar-refractivity contribution >= 4 is 35.3 Å². The molecule has 1 aromatic heterocycles. The molecule has 1 unspecified atom stereocenters. The van der Waals surface area contributed by atoms with Crippen molar-refractivity contribution < 1.29 is 19.2 Å². The second kappa shape index (κ2) is 9.08. The summed E-state index contributed by atoms with van der Waals surface area (Å²) in [6.45, 7) is 5.78. The van der Waals surface area contributed by atoms with E-state index in [2.05, 4.69) is 23.8 Å². The van der Waals surface area contributed by atoms with Gasteiger partial charge in [0.1, 0.15) is 11.7 Å². The molecule has 1 saturated heterocycles. The Morgan fingerprint density at radius 2 is 1.97 bits per heavy atom. The molecule has 3 amide bonds. The molecule has 0 spiro atoms. The van der Waals surface area contributed by atoms with E-state index >= 15 is 0 Å². The van der Waals surface area contributed by atoms with Gasteiger partial charge in [-0.25, -0.2) is 0 Å². The highest BCUT2D eigenvalue weighted by Crippen LogP contribution is 2.29. The van der Waals surface area contributed by atoms with Crippen LogP contribution in [-0.2, 0) is 11.2 Å². The number of imide groups is 1. The number of carbonyl (C=O) groups excluding carboxylic acids is 4. The van der Waals surface area contributed by atoms with Crippen molar-refractivity contribution in [2.75, 3.05) is 5.75 Å². The third-order valence-electron chi connectivity index (χ3n) is 5.59. The van der Waals surface area contributed by atoms with Gasteiger partial charge in [0.2, 0.25) is 5.91 Å². The highest BCUT2D eigenvalue weighted by Gasteiger charge is 2.43. The van der Waals surface area contributed by atoms with Crippen LogP contribution in [0.2, 0.25) is 0 Å². The molecular formula is C24H23N3O4S. The number of carbonyl (C=O) groups is 4. The number of piperidine rings is 1. The van der Waals surface area contributed by atoms with E-state index in [1.165, 1.54) is 0 Å². The minimum Gasteiger partial charge on any atom is -0.329 e. The number of allylic oxidation sites excluding steroid dienone is 1. The predicted octanol–water partition coefficient (Wildman–Crippen LogP) is 3.40. The Balaban J connectivity index is 1.45. The molecule has 0 bridgehead atoms. The van der Waals surface area contributed by atoms with Gasteiger partial charge in [0, 0.05) is 23.2 Å². The number of hydrogen-bond acceptors (Lipinski definition) is 6. The minimum absolute atomic E-state index is 0.0818. The maximum absolute atomic E-state index is 13.0. The average Bonchev–Trinajstić information content (AvgIpc) is 3.03. The number of Topliss-reactive ketones (excluding diaryl/α,β-unsaturated/α-hetero) is 1. The van der Waals surface area contributed by atoms with E-state index in [0.29, 0.717) is 30.7 Å². The number of aromatic nitrogens is 1. The zero-order chi connectivity index (χ0) is 22.8. The van der Waals surface area contributed by atoms with Crippen LogP contribution in [0, 0.1) is 0 Å². The molecule has 4 rings (SSSR count). The highest BCUT2D eigenvalue weighted by atomic mass is 32.2. The van der Waals surface area contributed by atoms with Gasteiger partial charge in [-0.3, -0.25) is 29.1 Å². The fourth-order valence-electron chi connectivity index (χ4n) is 3.94. The second-order valence-corrected chi connectivity index (χ2v) is 9.08. The van der Waals surface area contributed by atoms with Gasteiger partial charge in [0.25, 0.3) is 11.8 Å². The molecule has 7 nitrogen and oxygen atoms in total. The highest BCUT2D eigenvalue weighted by molar-refractivity contribution is 7.99. The van der Waals surface area contributed by atoms with Crippen molar-refractivity contribution in [2.24, 2.45) is 0 Å². The fraction of sp³-hybridized carbons (Fsp3) is 0.292. The predicted molar refractivity (Wildman–Crippen MR) is 121 cm³/mol. The monoisotopic (exact) mass is 449 g/mol. The number of nitrogens with zero attached hydrogens (tertiary/aromatic N) is 2. The second-order valence-electron chi connectivity index (χ2n) is 7.74. The molecule has 1 atom stereocenters. The molecule has 3 heterocycles. The number of aryl methyl sites for hydroxylation is 1. The average molecular weight is 450 g/mol. The third-order valence-corrected chi connectivity index (χ3v) is 6.45. The van der Waals surface area contributed by atoms with E-state index < -0.39 is 23.8 Å². The van der Waals surface area contributed by atoms with E-state index in [-0.39, 0.29) is 23.3 Å². The maximum Gasteiger partial charge on any atom is 0.262 e. The van der Waals surface area contributed by atoms with Gasteiger partial charge in [-0.1, -0.05) is 19.6 Å². The molecule has 2 aromatic rings. The smallest absolute Gasteiger partial charge is 0.262 e. The van der Waals surface area contributed by atoms with Crippen molar-refractivity contribution in [3.8, 4) is 0 Å². The Kier molecular flexibility index (Phi) is 6.23. The number of benzene rings is 1. The first kappa shape index (κ1) is 22.0. The van der Waals surface area contributed by atoms with E-state index in [1.54, 1.807) is 42.2 Å². The number of hydrogen-bond donors (Lipinski definition) is 1. The fourth-order valence-corrected chi connectivity index (χ4v) is 4.56. The van der Waals surface area contributed by atoms with Crippen LogP contribution >= 0.6 is 11.8 Å². The molecule has 164 valence electrons. The van der Waals surface area contributed by atoms with E-state index in [4.69, 9.17) is 0 Å². The molecule has 0 aliphatic carbocycles. The lowest BCUT2D eigenvalue weighted by Crippen LogP contribution is -2.51. The summed E-state index contributed by atoms with van der Waals surface area (Å²) >= 11 is 1.66. The quantitative estimate of drug-likeness (QED) is 0.395. The summed E-state index contributed by atoms with van der Waals surface area (Å²) in [5, 5.41) is 2.62. The lowest BCUT2D eigenvalue weighted by Gasteiger charge is -2.29. The Morgan fingerprint density at radius 1 is 1.19 bits per heavy atom. The van der Waals surface area contributed by atoms with Crippen LogP contribution in [0.1, 0.15) is 63.0 Å². The van der Waals surface area contributed by atoms with E-state index in [9.17, 15) is 19.2 Å². The molecule has 1 aromatic carbocycles. The number of amides is 3. The summed E-state index contributed by atoms with van der Waals surface area (Å²) in [7, 11) is 0. The van der Waals surface area contributed by atoms with Crippen LogP contribution in [0.5, 0.6) is 0 Å². The number of nitrogens with one attached hydrogen (secondary N) is 1. The van der Waals surface area contributed by atoms with Crippen LogP contribution in [0.4, 0.5) is 0 Å². The summed E-state index contributed by atoms with van der Waals surface area (Å²) < 4.78 is 0. The van der Waals surface area contributed by atoms with Gasteiger partial charge < -0.3 is 5.32 Å². The largest absolute Gasteiger partial charge is 0.329 e. The molecule has 8 heteroatoms. The topological polar surface area (TPSA) is 96.4 Å². The SMILES string of the molecule is C=C1CCC(N2C(=O)c3ccc(CCC(=O)c4ccc(SCC)cn4)cc3C2=O)C(=O)N1. The van der Waals surface area contributed by atoms with Crippen molar-refractivity contribution in [3.05, 3.63) is 71.2 Å². The molecule has 1 fully saturated rings. The van der Waals surface area contributed by atoms with Gasteiger partial charge in [0.05, 0.1) is 11.1 Å². The third kappa shape index (κ3) is 4.23. The Morgan fingerprint density at radius 3 is 2.66 bits per heavy atom. The van der Waals surface area contributed by atoms with Gasteiger partial charge >= 0.3 is 0 Å². The molecule has 2 aliphatic heterocycles. The van der Waals surface area contributed by atoms with E-state index in [1.807, 2.05) is 6.07 Å². The number of thioether (sulfide) groups is 1. The maximum atomic E-state index is 13.0. The zero-order valence-corrected chi connectivity index (χ0v) is 18.5. The first-order chi connectivity index (χ1) is 15.4. The lowest BCUT2D eigenvalue weighted by atomic mass is 10.0. The standard InChI is InChI=1S/C24H23N3O4S/c1-3-32-16-7-9-19(25-13-16)21(28)11-6-15-5-8-17-18(12-15)24(31)27(23(17)30)20-10-4-14(2)26-22(20)29/h5,7-9,12-13,20H,2-4,6,10-11H2,1H3,(H,26,29). The normalized spacial score (nSPS) is 18.0. The summed E-state index contributed by atoms with van der Waals surface area (Å²) in [6.07, 6.45) is 3.24. The molecule has 2 aliphatic rings. The lowest BCUT2D eigenvalue weighted by molar-refractivity contribution is -0.125. The minimum atomic E-state index is -0.835. The molecule has 0 saturated carbocycles. The molecule has 1 N–H and O–H groups in total. The number of ketones is 1. The van der Waals surface area contributed by atoms with Gasteiger partial charge in [-0.2, -0.15) is 0 Å². The van der Waals surface area contributed by atoms with Gasteiger partial charge in [-0.05, 0) is 54.8 Å². The van der Waals surface area contributed by atoms with Crippen LogP contribution < -0.4 is 5.32 Å². The molecular weight excluding hydrogens is 426 g/mol. The molecule has 0 radical (unpaired) electrons. The van der Waals surface area contributed by atoms with Crippen molar-refractivity contribution in [1.29, 1.82) is 0 Å². The summed E-state index contributed by atoms with van der Waals surface area (Å²) in [4.78, 5) is 56.9.